The summed E-state index contributed by atoms with van der Waals surface area (Å²) in [4.78, 5) is 9.19. The predicted molar refractivity (Wildman–Crippen MR) is 89.7 cm³/mol. The molecule has 23 heavy (non-hydrogen) atoms. The number of aromatic nitrogens is 4. The smallest absolute Gasteiger partial charge is 0.159 e. The van der Waals surface area contributed by atoms with E-state index < -0.39 is 0 Å². The minimum atomic E-state index is 0.416. The van der Waals surface area contributed by atoms with Gasteiger partial charge in [0.25, 0.3) is 0 Å². The number of fused-ring (bicyclic) bond motifs is 3. The maximum absolute atomic E-state index is 6.12. The van der Waals surface area contributed by atoms with Gasteiger partial charge in [-0.3, -0.25) is 9.56 Å². The summed E-state index contributed by atoms with van der Waals surface area (Å²) in [5.41, 5.74) is 3.28. The van der Waals surface area contributed by atoms with E-state index in [1.807, 2.05) is 41.8 Å². The average Bonchev–Trinajstić information content (AvgIpc) is 2.82. The molecule has 4 rings (SSSR count). The highest BCUT2D eigenvalue weighted by Gasteiger charge is 2.23. The zero-order valence-corrected chi connectivity index (χ0v) is 13.7. The van der Waals surface area contributed by atoms with Gasteiger partial charge in [0.2, 0.25) is 0 Å². The number of aryl methyl sites for hydroxylation is 1. The first-order valence-electron chi connectivity index (χ1n) is 7.02. The van der Waals surface area contributed by atoms with Crippen LogP contribution in [0.2, 0.25) is 10.2 Å². The van der Waals surface area contributed by atoms with Crippen LogP contribution < -0.4 is 0 Å². The first-order chi connectivity index (χ1) is 11.1. The summed E-state index contributed by atoms with van der Waals surface area (Å²) < 4.78 is 1.96. The summed E-state index contributed by atoms with van der Waals surface area (Å²) in [7, 11) is 0. The van der Waals surface area contributed by atoms with E-state index in [-0.39, 0.29) is 0 Å². The molecule has 0 saturated carbocycles. The molecule has 0 spiro atoms. The van der Waals surface area contributed by atoms with E-state index in [0.717, 1.165) is 28.6 Å². The van der Waals surface area contributed by atoms with Gasteiger partial charge in [-0.15, -0.1) is 10.2 Å². The van der Waals surface area contributed by atoms with Crippen molar-refractivity contribution in [3.8, 4) is 5.69 Å². The van der Waals surface area contributed by atoms with E-state index in [1.165, 1.54) is 0 Å². The molecule has 0 atom stereocenters. The van der Waals surface area contributed by atoms with E-state index in [2.05, 4.69) is 20.2 Å². The van der Waals surface area contributed by atoms with Crippen molar-refractivity contribution in [2.45, 2.75) is 13.5 Å². The summed E-state index contributed by atoms with van der Waals surface area (Å²) in [6.45, 7) is 2.33. The average molecular weight is 344 g/mol. The molecule has 7 heteroatoms. The van der Waals surface area contributed by atoms with Gasteiger partial charge in [-0.1, -0.05) is 35.3 Å². The molecule has 0 bridgehead atoms. The molecule has 1 aliphatic rings. The maximum atomic E-state index is 6.12. The Hall–Kier alpha value is -2.24. The van der Waals surface area contributed by atoms with Crippen LogP contribution in [0.25, 0.3) is 5.69 Å². The number of halogens is 2. The first-order valence-corrected chi connectivity index (χ1v) is 7.77. The van der Waals surface area contributed by atoms with Gasteiger partial charge in [-0.05, 0) is 31.2 Å². The van der Waals surface area contributed by atoms with Gasteiger partial charge in [-0.2, -0.15) is 0 Å². The van der Waals surface area contributed by atoms with Crippen LogP contribution in [0, 0.1) is 6.92 Å². The Morgan fingerprint density at radius 3 is 2.57 bits per heavy atom. The second-order valence-electron chi connectivity index (χ2n) is 5.17. The summed E-state index contributed by atoms with van der Waals surface area (Å²) in [6, 6.07) is 11.2. The lowest BCUT2D eigenvalue weighted by molar-refractivity contribution is 0.860. The molecular weight excluding hydrogens is 333 g/mol. The van der Waals surface area contributed by atoms with Gasteiger partial charge in [0, 0.05) is 10.6 Å². The summed E-state index contributed by atoms with van der Waals surface area (Å²) >= 11 is 12.1. The van der Waals surface area contributed by atoms with Crippen LogP contribution in [0.15, 0.2) is 41.4 Å². The first kappa shape index (κ1) is 14.4. The third-order valence-electron chi connectivity index (χ3n) is 3.69. The third kappa shape index (κ3) is 2.42. The lowest BCUT2D eigenvalue weighted by atomic mass is 10.1. The molecule has 0 fully saturated rings. The van der Waals surface area contributed by atoms with Crippen LogP contribution in [0.5, 0.6) is 0 Å². The number of aliphatic imine (C=N–C) groups is 1. The monoisotopic (exact) mass is 343 g/mol. The molecule has 3 heterocycles. The van der Waals surface area contributed by atoms with Crippen molar-refractivity contribution in [2.75, 3.05) is 0 Å². The van der Waals surface area contributed by atoms with Crippen LogP contribution in [0.3, 0.4) is 0 Å². The zero-order valence-electron chi connectivity index (χ0n) is 12.2. The van der Waals surface area contributed by atoms with Gasteiger partial charge in [0.15, 0.2) is 5.82 Å². The molecule has 114 valence electrons. The van der Waals surface area contributed by atoms with Gasteiger partial charge in [0.05, 0.1) is 11.4 Å². The van der Waals surface area contributed by atoms with Crippen molar-refractivity contribution in [1.29, 1.82) is 0 Å². The fourth-order valence-electron chi connectivity index (χ4n) is 2.67. The lowest BCUT2D eigenvalue weighted by Crippen LogP contribution is -2.10. The van der Waals surface area contributed by atoms with Crippen molar-refractivity contribution in [3.63, 3.8) is 0 Å². The summed E-state index contributed by atoms with van der Waals surface area (Å²) in [5.74, 6) is 1.56. The fraction of sp³-hybridized carbons (Fsp3) is 0.125. The number of hydrogen-bond donors (Lipinski definition) is 0. The molecular formula is C16H11Cl2N5. The van der Waals surface area contributed by atoms with Crippen LogP contribution in [-0.2, 0) is 6.54 Å². The quantitative estimate of drug-likeness (QED) is 0.634. The Morgan fingerprint density at radius 2 is 1.78 bits per heavy atom. The van der Waals surface area contributed by atoms with Crippen molar-refractivity contribution in [2.24, 2.45) is 4.99 Å². The Morgan fingerprint density at radius 1 is 1.00 bits per heavy atom. The predicted octanol–water partition coefficient (Wildman–Crippen LogP) is 3.63. The molecule has 0 N–H and O–H groups in total. The minimum Gasteiger partial charge on any atom is -0.279 e. The standard InChI is InChI=1S/C16H11Cl2N5/c1-9-21-22-14-8-19-15(10-2-4-11(17)5-3-10)16-12(23(9)14)6-7-13(18)20-16/h2-7H,8H2,1H3. The fourth-order valence-corrected chi connectivity index (χ4v) is 2.94. The topological polar surface area (TPSA) is 56.0 Å². The van der Waals surface area contributed by atoms with E-state index >= 15 is 0 Å². The van der Waals surface area contributed by atoms with E-state index in [9.17, 15) is 0 Å². The molecule has 0 aliphatic carbocycles. The number of nitrogens with zero attached hydrogens (tertiary/aromatic N) is 5. The van der Waals surface area contributed by atoms with E-state index in [0.29, 0.717) is 22.4 Å². The van der Waals surface area contributed by atoms with Gasteiger partial charge in [-0.25, -0.2) is 4.98 Å². The molecule has 5 nitrogen and oxygen atoms in total. The van der Waals surface area contributed by atoms with Crippen molar-refractivity contribution >= 4 is 28.9 Å². The molecule has 3 aromatic rings. The van der Waals surface area contributed by atoms with Gasteiger partial charge < -0.3 is 0 Å². The summed E-state index contributed by atoms with van der Waals surface area (Å²) in [6.07, 6.45) is 0. The van der Waals surface area contributed by atoms with Crippen molar-refractivity contribution in [1.82, 2.24) is 19.7 Å². The second-order valence-corrected chi connectivity index (χ2v) is 6.00. The number of hydrogen-bond acceptors (Lipinski definition) is 4. The van der Waals surface area contributed by atoms with Crippen LogP contribution in [0.1, 0.15) is 22.9 Å². The van der Waals surface area contributed by atoms with Crippen molar-refractivity contribution in [3.05, 3.63) is 69.5 Å². The van der Waals surface area contributed by atoms with Gasteiger partial charge >= 0.3 is 0 Å². The number of benzene rings is 1. The lowest BCUT2D eigenvalue weighted by Gasteiger charge is -2.11. The molecule has 1 aromatic carbocycles. The molecule has 1 aliphatic heterocycles. The Kier molecular flexibility index (Phi) is 3.39. The Balaban J connectivity index is 1.98. The van der Waals surface area contributed by atoms with Crippen molar-refractivity contribution < 1.29 is 0 Å². The highest BCUT2D eigenvalue weighted by Crippen LogP contribution is 2.26. The Bertz CT molecular complexity index is 928. The van der Waals surface area contributed by atoms with Crippen LogP contribution >= 0.6 is 23.2 Å². The number of pyridine rings is 1. The minimum absolute atomic E-state index is 0.416. The zero-order chi connectivity index (χ0) is 16.0. The third-order valence-corrected chi connectivity index (χ3v) is 4.16. The molecule has 0 amide bonds. The van der Waals surface area contributed by atoms with Crippen LogP contribution in [-0.4, -0.2) is 25.5 Å². The highest BCUT2D eigenvalue weighted by atomic mass is 35.5. The SMILES string of the molecule is Cc1nnc2n1-c1ccc(Cl)nc1C(c1ccc(Cl)cc1)=NC2. The highest BCUT2D eigenvalue weighted by molar-refractivity contribution is 6.31. The van der Waals surface area contributed by atoms with Crippen LogP contribution in [0.4, 0.5) is 0 Å². The Labute approximate surface area is 142 Å². The van der Waals surface area contributed by atoms with E-state index in [1.54, 1.807) is 6.07 Å². The molecule has 0 saturated heterocycles. The number of rotatable bonds is 1. The molecule has 0 unspecified atom stereocenters. The molecule has 2 aromatic heterocycles. The largest absolute Gasteiger partial charge is 0.279 e. The second kappa shape index (κ2) is 5.44. The van der Waals surface area contributed by atoms with E-state index in [4.69, 9.17) is 23.2 Å². The maximum Gasteiger partial charge on any atom is 0.159 e. The van der Waals surface area contributed by atoms with Gasteiger partial charge in [0.1, 0.15) is 23.2 Å². The molecule has 0 radical (unpaired) electrons. The summed E-state index contributed by atoms with van der Waals surface area (Å²) in [5, 5.41) is 9.43. The normalized spacial score (nSPS) is 13.1.